The van der Waals surface area contributed by atoms with E-state index >= 15 is 0 Å². The molecule has 1 atom stereocenters. The average Bonchev–Trinajstić information content (AvgIpc) is 3.14. The maximum absolute atomic E-state index is 12.3. The highest BCUT2D eigenvalue weighted by Crippen LogP contribution is 2.24. The molecule has 0 aliphatic heterocycles. The number of hydrogen-bond donors (Lipinski definition) is 2. The molecule has 0 aliphatic carbocycles. The van der Waals surface area contributed by atoms with Crippen molar-refractivity contribution in [2.75, 3.05) is 5.32 Å². The fourth-order valence-electron chi connectivity index (χ4n) is 2.36. The first kappa shape index (κ1) is 17.3. The quantitative estimate of drug-likeness (QED) is 0.658. The number of aromatic nitrogens is 3. The second kappa shape index (κ2) is 7.57. The molecule has 0 saturated carbocycles. The molecule has 0 spiro atoms. The molecule has 0 radical (unpaired) electrons. The summed E-state index contributed by atoms with van der Waals surface area (Å²) in [5, 5.41) is 6.93. The fraction of sp³-hybridized carbons (Fsp3) is 0.278. The minimum Gasteiger partial charge on any atom is -0.360 e. The van der Waals surface area contributed by atoms with Gasteiger partial charge in [-0.2, -0.15) is 0 Å². The second-order valence-electron chi connectivity index (χ2n) is 5.85. The van der Waals surface area contributed by atoms with E-state index in [-0.39, 0.29) is 11.2 Å². The fourth-order valence-corrected chi connectivity index (χ4v) is 3.23. The third-order valence-electron chi connectivity index (χ3n) is 3.72. The summed E-state index contributed by atoms with van der Waals surface area (Å²) in [6.45, 7) is 5.61. The van der Waals surface area contributed by atoms with E-state index in [1.165, 1.54) is 17.3 Å². The lowest BCUT2D eigenvalue weighted by atomic mass is 10.1. The van der Waals surface area contributed by atoms with Gasteiger partial charge in [-0.1, -0.05) is 47.3 Å². The molecule has 2 N–H and O–H groups in total. The molecule has 2 heterocycles. The van der Waals surface area contributed by atoms with Crippen molar-refractivity contribution in [3.05, 3.63) is 59.1 Å². The van der Waals surface area contributed by atoms with Gasteiger partial charge < -0.3 is 14.8 Å². The Kier molecular flexibility index (Phi) is 5.23. The van der Waals surface area contributed by atoms with Crippen LogP contribution in [0, 0.1) is 13.8 Å². The van der Waals surface area contributed by atoms with Gasteiger partial charge in [0.05, 0.1) is 10.9 Å². The number of anilines is 1. The number of aryl methyl sites for hydroxylation is 2. The number of nitrogens with one attached hydrogen (secondary N) is 2. The molecule has 2 aromatic heterocycles. The van der Waals surface area contributed by atoms with Gasteiger partial charge in [0.25, 0.3) is 0 Å². The first-order chi connectivity index (χ1) is 12.0. The zero-order valence-electron chi connectivity index (χ0n) is 14.4. The molecule has 0 fully saturated rings. The molecule has 0 bridgehead atoms. The molecule has 1 amide bonds. The summed E-state index contributed by atoms with van der Waals surface area (Å²) in [6, 6.07) is 11.9. The molecular formula is C18H20N4O2S. The number of hydrogen-bond acceptors (Lipinski definition) is 5. The summed E-state index contributed by atoms with van der Waals surface area (Å²) in [6.07, 6.45) is 0.766. The van der Waals surface area contributed by atoms with Crippen LogP contribution >= 0.6 is 11.8 Å². The monoisotopic (exact) mass is 356 g/mol. The summed E-state index contributed by atoms with van der Waals surface area (Å²) in [4.78, 5) is 20.1. The molecule has 3 rings (SSSR count). The number of carbonyl (C=O) groups excluding carboxylic acids is 1. The predicted molar refractivity (Wildman–Crippen MR) is 97.8 cm³/mol. The number of benzene rings is 1. The van der Waals surface area contributed by atoms with Crippen LogP contribution in [0.1, 0.15) is 29.6 Å². The minimum absolute atomic E-state index is 0.142. The molecule has 0 saturated heterocycles. The zero-order valence-corrected chi connectivity index (χ0v) is 15.2. The Labute approximate surface area is 150 Å². The summed E-state index contributed by atoms with van der Waals surface area (Å²) in [5.74, 6) is 0.940. The van der Waals surface area contributed by atoms with Gasteiger partial charge in [0, 0.05) is 18.2 Å². The standard InChI is InChI=1S/C18H20N4O2S/c1-11-9-16(22-24-11)21-17(23)13(3)25-18-19-12(2)15(20-18)10-14-7-5-4-6-8-14/h4-9,13H,10H2,1-3H3,(H,19,20)(H,21,22,23)/t13-/m1/s1. The van der Waals surface area contributed by atoms with Crippen molar-refractivity contribution < 1.29 is 9.32 Å². The summed E-state index contributed by atoms with van der Waals surface area (Å²) >= 11 is 1.39. The van der Waals surface area contributed by atoms with Gasteiger partial charge in [-0.25, -0.2) is 4.98 Å². The number of nitrogens with zero attached hydrogens (tertiary/aromatic N) is 2. The number of rotatable bonds is 6. The lowest BCUT2D eigenvalue weighted by molar-refractivity contribution is -0.115. The molecular weight excluding hydrogens is 336 g/mol. The van der Waals surface area contributed by atoms with E-state index in [2.05, 4.69) is 32.6 Å². The third kappa shape index (κ3) is 4.51. The molecule has 3 aromatic rings. The summed E-state index contributed by atoms with van der Waals surface area (Å²) < 4.78 is 4.95. The van der Waals surface area contributed by atoms with E-state index < -0.39 is 0 Å². The molecule has 7 heteroatoms. The molecule has 0 unspecified atom stereocenters. The van der Waals surface area contributed by atoms with Crippen LogP contribution < -0.4 is 5.32 Å². The summed E-state index contributed by atoms with van der Waals surface area (Å²) in [5.41, 5.74) is 3.22. The molecule has 0 aliphatic rings. The van der Waals surface area contributed by atoms with Crippen molar-refractivity contribution in [1.29, 1.82) is 0 Å². The van der Waals surface area contributed by atoms with Crippen LogP contribution in [0.2, 0.25) is 0 Å². The first-order valence-corrected chi connectivity index (χ1v) is 8.89. The second-order valence-corrected chi connectivity index (χ2v) is 7.18. The maximum Gasteiger partial charge on any atom is 0.238 e. The number of aromatic amines is 1. The average molecular weight is 356 g/mol. The van der Waals surface area contributed by atoms with Gasteiger partial charge in [-0.05, 0) is 26.3 Å². The molecule has 6 nitrogen and oxygen atoms in total. The molecule has 1 aromatic carbocycles. The SMILES string of the molecule is Cc1cc(NC(=O)[C@@H](C)Sc2nc(Cc3ccccc3)c(C)[nH]2)no1. The van der Waals surface area contributed by atoms with Crippen LogP contribution in [0.3, 0.4) is 0 Å². The van der Waals surface area contributed by atoms with Crippen LogP contribution in [-0.2, 0) is 11.2 Å². The largest absolute Gasteiger partial charge is 0.360 e. The van der Waals surface area contributed by atoms with Gasteiger partial charge >= 0.3 is 0 Å². The zero-order chi connectivity index (χ0) is 17.8. The van der Waals surface area contributed by atoms with Crippen LogP contribution in [0.15, 0.2) is 46.1 Å². The lowest BCUT2D eigenvalue weighted by Gasteiger charge is -2.08. The highest BCUT2D eigenvalue weighted by Gasteiger charge is 2.18. The van der Waals surface area contributed by atoms with Crippen molar-refractivity contribution in [3.63, 3.8) is 0 Å². The highest BCUT2D eigenvalue weighted by atomic mass is 32.2. The van der Waals surface area contributed by atoms with Gasteiger partial charge in [-0.3, -0.25) is 4.79 Å². The van der Waals surface area contributed by atoms with E-state index in [0.29, 0.717) is 11.6 Å². The number of H-pyrrole nitrogens is 1. The van der Waals surface area contributed by atoms with Crippen LogP contribution in [0.4, 0.5) is 5.82 Å². The Morgan fingerprint density at radius 2 is 2.08 bits per heavy atom. The van der Waals surface area contributed by atoms with Crippen LogP contribution in [0.25, 0.3) is 0 Å². The van der Waals surface area contributed by atoms with Gasteiger partial charge in [0.1, 0.15) is 5.76 Å². The Balaban J connectivity index is 1.62. The van der Waals surface area contributed by atoms with Crippen LogP contribution in [-0.4, -0.2) is 26.3 Å². The maximum atomic E-state index is 12.3. The Morgan fingerprint density at radius 1 is 1.32 bits per heavy atom. The smallest absolute Gasteiger partial charge is 0.238 e. The van der Waals surface area contributed by atoms with Gasteiger partial charge in [0.15, 0.2) is 11.0 Å². The van der Waals surface area contributed by atoms with Crippen molar-refractivity contribution >= 4 is 23.5 Å². The van der Waals surface area contributed by atoms with Crippen molar-refractivity contribution in [2.45, 2.75) is 37.6 Å². The van der Waals surface area contributed by atoms with Gasteiger partial charge in [-0.15, -0.1) is 0 Å². The third-order valence-corrected chi connectivity index (χ3v) is 4.70. The van der Waals surface area contributed by atoms with E-state index in [1.54, 1.807) is 13.0 Å². The van der Waals surface area contributed by atoms with Gasteiger partial charge in [0.2, 0.25) is 5.91 Å². The Bertz CT molecular complexity index is 857. The first-order valence-electron chi connectivity index (χ1n) is 8.01. The Morgan fingerprint density at radius 3 is 2.76 bits per heavy atom. The van der Waals surface area contributed by atoms with Crippen molar-refractivity contribution in [3.8, 4) is 0 Å². The minimum atomic E-state index is -0.313. The van der Waals surface area contributed by atoms with E-state index in [4.69, 9.17) is 4.52 Å². The number of amides is 1. The normalized spacial score (nSPS) is 12.1. The van der Waals surface area contributed by atoms with Crippen LogP contribution in [0.5, 0.6) is 0 Å². The topological polar surface area (TPSA) is 83.8 Å². The molecule has 25 heavy (non-hydrogen) atoms. The van der Waals surface area contributed by atoms with Crippen molar-refractivity contribution in [1.82, 2.24) is 15.1 Å². The predicted octanol–water partition coefficient (Wildman–Crippen LogP) is 3.72. The Hall–Kier alpha value is -2.54. The summed E-state index contributed by atoms with van der Waals surface area (Å²) in [7, 11) is 0. The number of carbonyl (C=O) groups is 1. The molecule has 130 valence electrons. The highest BCUT2D eigenvalue weighted by molar-refractivity contribution is 8.00. The van der Waals surface area contributed by atoms with E-state index in [0.717, 1.165) is 23.0 Å². The number of thioether (sulfide) groups is 1. The van der Waals surface area contributed by atoms with Crippen molar-refractivity contribution in [2.24, 2.45) is 0 Å². The van der Waals surface area contributed by atoms with E-state index in [1.807, 2.05) is 32.0 Å². The lowest BCUT2D eigenvalue weighted by Crippen LogP contribution is -2.22. The number of imidazole rings is 1. The van der Waals surface area contributed by atoms with E-state index in [9.17, 15) is 4.79 Å².